The molecule has 0 heterocycles. The molecule has 8 heteroatoms. The van der Waals surface area contributed by atoms with Crippen molar-refractivity contribution < 1.29 is 27.8 Å². The fourth-order valence-corrected chi connectivity index (χ4v) is 1.82. The van der Waals surface area contributed by atoms with E-state index in [4.69, 9.17) is 9.84 Å². The highest BCUT2D eigenvalue weighted by molar-refractivity contribution is 5.74. The second-order valence-corrected chi connectivity index (χ2v) is 4.76. The van der Waals surface area contributed by atoms with E-state index >= 15 is 0 Å². The van der Waals surface area contributed by atoms with Gasteiger partial charge in [0.25, 0.3) is 0 Å². The van der Waals surface area contributed by atoms with Crippen molar-refractivity contribution in [2.45, 2.75) is 32.1 Å². The molecular weight excluding hydrogens is 301 g/mol. The normalized spacial score (nSPS) is 12.6. The fraction of sp³-hybridized carbons (Fsp3) is 0.500. The number of carbonyl (C=O) groups is 1. The van der Waals surface area contributed by atoms with Crippen molar-refractivity contribution in [3.8, 4) is 5.75 Å². The van der Waals surface area contributed by atoms with Gasteiger partial charge < -0.3 is 20.5 Å². The summed E-state index contributed by atoms with van der Waals surface area (Å²) in [6, 6.07) is 2.69. The summed E-state index contributed by atoms with van der Waals surface area (Å²) < 4.78 is 43.8. The molecule has 0 aliphatic rings. The molecule has 0 aliphatic carbocycles. The number of methoxy groups -OCH3 is 1. The Bertz CT molecular complexity index is 507. The standard InChI is InChI=1S/C14H19F3N2O3/c1-9(5-6-20)19-13(21)18-8-10-3-4-11(22-2)7-12(10)14(15,16)17/h3-4,7,9,20H,5-6,8H2,1-2H3,(H2,18,19,21)/t9-/m1/s1. The van der Waals surface area contributed by atoms with E-state index in [0.29, 0.717) is 6.42 Å². The molecule has 124 valence electrons. The van der Waals surface area contributed by atoms with Crippen LogP contribution in [-0.2, 0) is 12.7 Å². The molecule has 1 aromatic rings. The number of urea groups is 1. The molecule has 0 saturated carbocycles. The van der Waals surface area contributed by atoms with E-state index in [2.05, 4.69) is 10.6 Å². The molecule has 0 saturated heterocycles. The SMILES string of the molecule is COc1ccc(CNC(=O)N[C@H](C)CCO)c(C(F)(F)F)c1. The van der Waals surface area contributed by atoms with Gasteiger partial charge in [0.1, 0.15) is 5.75 Å². The molecule has 3 N–H and O–H groups in total. The molecule has 22 heavy (non-hydrogen) atoms. The van der Waals surface area contributed by atoms with E-state index in [1.165, 1.54) is 19.2 Å². The maximum Gasteiger partial charge on any atom is 0.416 e. The molecular formula is C14H19F3N2O3. The van der Waals surface area contributed by atoms with Crippen molar-refractivity contribution >= 4 is 6.03 Å². The number of carbonyl (C=O) groups excluding carboxylic acids is 1. The van der Waals surface area contributed by atoms with Crippen molar-refractivity contribution in [2.24, 2.45) is 0 Å². The van der Waals surface area contributed by atoms with Crippen LogP contribution in [0, 0.1) is 0 Å². The molecule has 0 bridgehead atoms. The molecule has 1 atom stereocenters. The minimum absolute atomic E-state index is 0.0572. The third-order valence-electron chi connectivity index (χ3n) is 3.00. The highest BCUT2D eigenvalue weighted by Gasteiger charge is 2.33. The Hall–Kier alpha value is -1.96. The summed E-state index contributed by atoms with van der Waals surface area (Å²) in [7, 11) is 1.28. The Morgan fingerprint density at radius 3 is 2.64 bits per heavy atom. The first-order chi connectivity index (χ1) is 10.3. The Balaban J connectivity index is 2.75. The maximum absolute atomic E-state index is 13.0. The van der Waals surface area contributed by atoms with Crippen LogP contribution in [0.1, 0.15) is 24.5 Å². The number of ether oxygens (including phenoxy) is 1. The van der Waals surface area contributed by atoms with Crippen LogP contribution < -0.4 is 15.4 Å². The van der Waals surface area contributed by atoms with Crippen LogP contribution in [0.25, 0.3) is 0 Å². The van der Waals surface area contributed by atoms with Crippen LogP contribution in [0.4, 0.5) is 18.0 Å². The zero-order chi connectivity index (χ0) is 16.8. The van der Waals surface area contributed by atoms with Gasteiger partial charge in [-0.15, -0.1) is 0 Å². The fourth-order valence-electron chi connectivity index (χ4n) is 1.82. The Morgan fingerprint density at radius 1 is 1.41 bits per heavy atom. The summed E-state index contributed by atoms with van der Waals surface area (Å²) in [6.45, 7) is 1.33. The van der Waals surface area contributed by atoms with E-state index < -0.39 is 17.8 Å². The predicted octanol–water partition coefficient (Wildman–Crippen LogP) is 2.28. The largest absolute Gasteiger partial charge is 0.497 e. The molecule has 2 amide bonds. The number of halogens is 3. The Labute approximate surface area is 126 Å². The van der Waals surface area contributed by atoms with Crippen molar-refractivity contribution in [1.29, 1.82) is 0 Å². The molecule has 0 aliphatic heterocycles. The first-order valence-corrected chi connectivity index (χ1v) is 6.67. The van der Waals surface area contributed by atoms with Gasteiger partial charge in [-0.1, -0.05) is 6.07 Å². The number of benzene rings is 1. The number of hydrogen-bond acceptors (Lipinski definition) is 3. The van der Waals surface area contributed by atoms with Crippen molar-refractivity contribution in [3.05, 3.63) is 29.3 Å². The predicted molar refractivity (Wildman–Crippen MR) is 74.5 cm³/mol. The van der Waals surface area contributed by atoms with Gasteiger partial charge in [-0.05, 0) is 31.0 Å². The quantitative estimate of drug-likeness (QED) is 0.753. The van der Waals surface area contributed by atoms with E-state index in [9.17, 15) is 18.0 Å². The van der Waals surface area contributed by atoms with Crippen LogP contribution in [0.3, 0.4) is 0 Å². The minimum atomic E-state index is -4.54. The highest BCUT2D eigenvalue weighted by atomic mass is 19.4. The number of alkyl halides is 3. The molecule has 0 spiro atoms. The molecule has 0 unspecified atom stereocenters. The van der Waals surface area contributed by atoms with Gasteiger partial charge in [0.2, 0.25) is 0 Å². The lowest BCUT2D eigenvalue weighted by atomic mass is 10.1. The van der Waals surface area contributed by atoms with E-state index in [0.717, 1.165) is 6.07 Å². The summed E-state index contributed by atoms with van der Waals surface area (Å²) in [4.78, 5) is 11.6. The Morgan fingerprint density at radius 2 is 2.09 bits per heavy atom. The zero-order valence-electron chi connectivity index (χ0n) is 12.3. The topological polar surface area (TPSA) is 70.6 Å². The van der Waals surface area contributed by atoms with Crippen molar-refractivity contribution in [1.82, 2.24) is 10.6 Å². The average Bonchev–Trinajstić information content (AvgIpc) is 2.44. The summed E-state index contributed by atoms with van der Waals surface area (Å²) >= 11 is 0. The minimum Gasteiger partial charge on any atom is -0.497 e. The van der Waals surface area contributed by atoms with Gasteiger partial charge in [0.15, 0.2) is 0 Å². The number of aliphatic hydroxyl groups is 1. The van der Waals surface area contributed by atoms with Crippen LogP contribution in [-0.4, -0.2) is 30.9 Å². The van der Waals surface area contributed by atoms with E-state index in [1.807, 2.05) is 0 Å². The third kappa shape index (κ3) is 5.44. The molecule has 1 aromatic carbocycles. The van der Waals surface area contributed by atoms with Gasteiger partial charge in [-0.2, -0.15) is 13.2 Å². The van der Waals surface area contributed by atoms with Crippen LogP contribution in [0.5, 0.6) is 5.75 Å². The smallest absolute Gasteiger partial charge is 0.416 e. The molecule has 0 fully saturated rings. The third-order valence-corrected chi connectivity index (χ3v) is 3.00. The van der Waals surface area contributed by atoms with E-state index in [-0.39, 0.29) is 30.5 Å². The molecule has 0 aromatic heterocycles. The molecule has 0 radical (unpaired) electrons. The van der Waals surface area contributed by atoms with Gasteiger partial charge in [0, 0.05) is 19.2 Å². The number of hydrogen-bond donors (Lipinski definition) is 3. The maximum atomic E-state index is 13.0. The van der Waals surface area contributed by atoms with Gasteiger partial charge in [-0.25, -0.2) is 4.79 Å². The number of rotatable bonds is 6. The monoisotopic (exact) mass is 320 g/mol. The average molecular weight is 320 g/mol. The molecule has 1 rings (SSSR count). The zero-order valence-corrected chi connectivity index (χ0v) is 12.3. The highest BCUT2D eigenvalue weighted by Crippen LogP contribution is 2.34. The second kappa shape index (κ2) is 7.88. The van der Waals surface area contributed by atoms with Crippen molar-refractivity contribution in [3.63, 3.8) is 0 Å². The second-order valence-electron chi connectivity index (χ2n) is 4.76. The first-order valence-electron chi connectivity index (χ1n) is 6.67. The summed E-state index contributed by atoms with van der Waals surface area (Å²) in [5.74, 6) is 0.0945. The van der Waals surface area contributed by atoms with Gasteiger partial charge in [0.05, 0.1) is 12.7 Å². The van der Waals surface area contributed by atoms with Gasteiger partial charge in [-0.3, -0.25) is 0 Å². The lowest BCUT2D eigenvalue weighted by molar-refractivity contribution is -0.138. The Kier molecular flexibility index (Phi) is 6.48. The summed E-state index contributed by atoms with van der Waals surface area (Å²) in [5, 5.41) is 13.6. The van der Waals surface area contributed by atoms with Crippen molar-refractivity contribution in [2.75, 3.05) is 13.7 Å². The first kappa shape index (κ1) is 18.1. The van der Waals surface area contributed by atoms with Crippen LogP contribution >= 0.6 is 0 Å². The summed E-state index contributed by atoms with van der Waals surface area (Å²) in [6.07, 6.45) is -4.17. The lowest BCUT2D eigenvalue weighted by Gasteiger charge is -2.16. The number of nitrogens with one attached hydrogen (secondary N) is 2. The number of amides is 2. The number of aliphatic hydroxyl groups excluding tert-OH is 1. The van der Waals surface area contributed by atoms with E-state index in [1.54, 1.807) is 6.92 Å². The van der Waals surface area contributed by atoms with Crippen LogP contribution in [0.2, 0.25) is 0 Å². The van der Waals surface area contributed by atoms with Crippen LogP contribution in [0.15, 0.2) is 18.2 Å². The lowest BCUT2D eigenvalue weighted by Crippen LogP contribution is -2.41. The van der Waals surface area contributed by atoms with Gasteiger partial charge >= 0.3 is 12.2 Å². The summed E-state index contributed by atoms with van der Waals surface area (Å²) in [5.41, 5.74) is -0.909. The molecule has 5 nitrogen and oxygen atoms in total.